The van der Waals surface area contributed by atoms with Crippen molar-refractivity contribution >= 4 is 0 Å². The van der Waals surface area contributed by atoms with E-state index in [1.54, 1.807) is 6.08 Å². The normalized spacial score (nSPS) is 12.2. The first kappa shape index (κ1) is 12.3. The molecule has 0 fully saturated rings. The molecule has 0 aromatic heterocycles. The van der Waals surface area contributed by atoms with Gasteiger partial charge in [-0.2, -0.15) is 0 Å². The summed E-state index contributed by atoms with van der Waals surface area (Å²) in [6.45, 7) is 6.00. The van der Waals surface area contributed by atoms with Crippen molar-refractivity contribution in [2.24, 2.45) is 0 Å². The lowest BCUT2D eigenvalue weighted by atomic mass is 10.1. The Labute approximate surface area is 81.6 Å². The van der Waals surface area contributed by atoms with Gasteiger partial charge in [-0.05, 0) is 32.8 Å². The summed E-state index contributed by atoms with van der Waals surface area (Å²) in [6.07, 6.45) is 7.64. The van der Waals surface area contributed by atoms with Crippen LogP contribution in [0.1, 0.15) is 52.9 Å². The van der Waals surface area contributed by atoms with Gasteiger partial charge in [-0.15, -0.1) is 0 Å². The van der Waals surface area contributed by atoms with E-state index in [1.165, 1.54) is 19.3 Å². The van der Waals surface area contributed by atoms with Crippen LogP contribution in [0.3, 0.4) is 0 Å². The summed E-state index contributed by atoms with van der Waals surface area (Å²) in [4.78, 5) is 0. The molecule has 78 valence electrons. The third-order valence-corrected chi connectivity index (χ3v) is 1.73. The van der Waals surface area contributed by atoms with Gasteiger partial charge in [-0.3, -0.25) is 0 Å². The Bertz CT molecular complexity index is 139. The van der Waals surface area contributed by atoms with Crippen molar-refractivity contribution in [1.29, 1.82) is 0 Å². The maximum absolute atomic E-state index is 9.22. The van der Waals surface area contributed by atoms with Crippen LogP contribution in [-0.4, -0.2) is 11.2 Å². The minimum absolute atomic E-state index is 0.0619. The van der Waals surface area contributed by atoms with Gasteiger partial charge in [0.1, 0.15) is 0 Å². The second kappa shape index (κ2) is 7.96. The predicted octanol–water partition coefficient (Wildman–Crippen LogP) is 3.78. The third kappa shape index (κ3) is 9.25. The van der Waals surface area contributed by atoms with Crippen molar-refractivity contribution in [2.75, 3.05) is 0 Å². The fourth-order valence-corrected chi connectivity index (χ4v) is 1.09. The molecule has 2 heteroatoms. The lowest BCUT2D eigenvalue weighted by molar-refractivity contribution is 0.0509. The molecule has 2 nitrogen and oxygen atoms in total. The molecule has 0 aromatic rings. The third-order valence-electron chi connectivity index (χ3n) is 1.73. The maximum atomic E-state index is 9.22. The Hall–Kier alpha value is -0.660. The van der Waals surface area contributed by atoms with E-state index in [-0.39, 0.29) is 12.0 Å². The van der Waals surface area contributed by atoms with E-state index in [0.29, 0.717) is 0 Å². The molecule has 0 aliphatic carbocycles. The number of allylic oxidation sites excluding steroid dienone is 1. The van der Waals surface area contributed by atoms with Crippen molar-refractivity contribution in [3.63, 3.8) is 0 Å². The van der Waals surface area contributed by atoms with Crippen LogP contribution < -0.4 is 0 Å². The Morgan fingerprint density at radius 1 is 1.31 bits per heavy atom. The van der Waals surface area contributed by atoms with Crippen molar-refractivity contribution in [3.05, 3.63) is 12.0 Å². The van der Waals surface area contributed by atoms with Gasteiger partial charge in [0.05, 0.1) is 6.10 Å². The molecule has 0 heterocycles. The van der Waals surface area contributed by atoms with Crippen LogP contribution in [0.15, 0.2) is 12.0 Å². The molecule has 1 N–H and O–H groups in total. The van der Waals surface area contributed by atoms with Gasteiger partial charge in [-0.25, -0.2) is 0 Å². The minimum atomic E-state index is 0.0619. The van der Waals surface area contributed by atoms with Crippen molar-refractivity contribution < 1.29 is 9.84 Å². The van der Waals surface area contributed by atoms with E-state index in [2.05, 4.69) is 6.92 Å². The van der Waals surface area contributed by atoms with Gasteiger partial charge in [-0.1, -0.05) is 26.2 Å². The number of aliphatic hydroxyl groups excluding tert-OH is 1. The highest BCUT2D eigenvalue weighted by Crippen LogP contribution is 2.06. The van der Waals surface area contributed by atoms with E-state index in [9.17, 15) is 5.11 Å². The molecule has 0 aromatic carbocycles. The van der Waals surface area contributed by atoms with E-state index in [0.717, 1.165) is 12.8 Å². The van der Waals surface area contributed by atoms with Gasteiger partial charge in [0.25, 0.3) is 5.95 Å². The van der Waals surface area contributed by atoms with Gasteiger partial charge >= 0.3 is 0 Å². The standard InChI is InChI=1S/C11H22O2/c1-4-5-6-7-8-9-11(12)13-10(2)3/h9-10,12H,4-8H2,1-3H3. The molecular formula is C11H22O2. The highest BCUT2D eigenvalue weighted by molar-refractivity contribution is 4.81. The van der Waals surface area contributed by atoms with Crippen LogP contribution in [0.25, 0.3) is 0 Å². The zero-order chi connectivity index (χ0) is 10.1. The summed E-state index contributed by atoms with van der Waals surface area (Å²) in [6, 6.07) is 0. The summed E-state index contributed by atoms with van der Waals surface area (Å²) in [5.74, 6) is 0.0755. The number of hydrogen-bond acceptors (Lipinski definition) is 2. The highest BCUT2D eigenvalue weighted by atomic mass is 16.6. The Morgan fingerprint density at radius 3 is 2.54 bits per heavy atom. The minimum Gasteiger partial charge on any atom is -0.481 e. The van der Waals surface area contributed by atoms with E-state index in [1.807, 2.05) is 13.8 Å². The van der Waals surface area contributed by atoms with Gasteiger partial charge < -0.3 is 9.84 Å². The second-order valence-corrected chi connectivity index (χ2v) is 3.56. The average Bonchev–Trinajstić information content (AvgIpc) is 2.02. The average molecular weight is 186 g/mol. The Kier molecular flexibility index (Phi) is 7.56. The quantitative estimate of drug-likeness (QED) is 0.484. The van der Waals surface area contributed by atoms with Crippen molar-refractivity contribution in [2.45, 2.75) is 59.0 Å². The molecule has 0 amide bonds. The summed E-state index contributed by atoms with van der Waals surface area (Å²) < 4.78 is 5.07. The van der Waals surface area contributed by atoms with Crippen LogP contribution in [0.2, 0.25) is 0 Å². The molecule has 0 aliphatic heterocycles. The second-order valence-electron chi connectivity index (χ2n) is 3.56. The van der Waals surface area contributed by atoms with Crippen LogP contribution in [0.5, 0.6) is 0 Å². The number of aliphatic hydroxyl groups is 1. The molecule has 0 bridgehead atoms. The van der Waals surface area contributed by atoms with E-state index in [4.69, 9.17) is 4.74 Å². The number of rotatable bonds is 7. The topological polar surface area (TPSA) is 29.5 Å². The van der Waals surface area contributed by atoms with Crippen LogP contribution in [0, 0.1) is 0 Å². The number of hydrogen-bond donors (Lipinski definition) is 1. The molecule has 0 spiro atoms. The van der Waals surface area contributed by atoms with Crippen LogP contribution in [-0.2, 0) is 4.74 Å². The maximum Gasteiger partial charge on any atom is 0.272 e. The lowest BCUT2D eigenvalue weighted by Gasteiger charge is -2.07. The highest BCUT2D eigenvalue weighted by Gasteiger charge is 1.96. The van der Waals surface area contributed by atoms with Gasteiger partial charge in [0.2, 0.25) is 0 Å². The Morgan fingerprint density at radius 2 is 2.00 bits per heavy atom. The fraction of sp³-hybridized carbons (Fsp3) is 0.818. The monoisotopic (exact) mass is 186 g/mol. The van der Waals surface area contributed by atoms with Crippen molar-refractivity contribution in [1.82, 2.24) is 0 Å². The molecule has 13 heavy (non-hydrogen) atoms. The Balaban J connectivity index is 3.36. The first-order valence-corrected chi connectivity index (χ1v) is 5.22. The van der Waals surface area contributed by atoms with Gasteiger partial charge in [0, 0.05) is 0 Å². The smallest absolute Gasteiger partial charge is 0.272 e. The first-order chi connectivity index (χ1) is 6.16. The zero-order valence-corrected chi connectivity index (χ0v) is 9.05. The van der Waals surface area contributed by atoms with Gasteiger partial charge in [0.15, 0.2) is 0 Å². The SMILES string of the molecule is CCCCCCC=C(O)OC(C)C. The zero-order valence-electron chi connectivity index (χ0n) is 9.05. The molecule has 0 saturated carbocycles. The summed E-state index contributed by atoms with van der Waals surface area (Å²) in [5, 5.41) is 9.22. The number of ether oxygens (including phenoxy) is 1. The molecule has 0 aliphatic rings. The van der Waals surface area contributed by atoms with Crippen LogP contribution >= 0.6 is 0 Å². The predicted molar refractivity (Wildman–Crippen MR) is 55.7 cm³/mol. The molecular weight excluding hydrogens is 164 g/mol. The summed E-state index contributed by atoms with van der Waals surface area (Å²) >= 11 is 0. The van der Waals surface area contributed by atoms with E-state index < -0.39 is 0 Å². The van der Waals surface area contributed by atoms with Crippen molar-refractivity contribution in [3.8, 4) is 0 Å². The molecule has 0 atom stereocenters. The van der Waals surface area contributed by atoms with Crippen LogP contribution in [0.4, 0.5) is 0 Å². The summed E-state index contributed by atoms with van der Waals surface area (Å²) in [5.41, 5.74) is 0. The lowest BCUT2D eigenvalue weighted by Crippen LogP contribution is -2.01. The first-order valence-electron chi connectivity index (χ1n) is 5.22. The van der Waals surface area contributed by atoms with E-state index >= 15 is 0 Å². The molecule has 0 radical (unpaired) electrons. The fourth-order valence-electron chi connectivity index (χ4n) is 1.09. The number of unbranched alkanes of at least 4 members (excludes halogenated alkanes) is 4. The summed E-state index contributed by atoms with van der Waals surface area (Å²) in [7, 11) is 0. The molecule has 0 saturated heterocycles. The molecule has 0 unspecified atom stereocenters. The largest absolute Gasteiger partial charge is 0.481 e. The molecule has 0 rings (SSSR count).